The van der Waals surface area contributed by atoms with Crippen molar-refractivity contribution in [2.45, 2.75) is 0 Å². The largest absolute Gasteiger partial charge is 0.493 e. The van der Waals surface area contributed by atoms with Gasteiger partial charge in [-0.2, -0.15) is 0 Å². The Kier molecular flexibility index (Phi) is 8.02. The zero-order valence-corrected chi connectivity index (χ0v) is 22.6. The van der Waals surface area contributed by atoms with Crippen LogP contribution in [0.15, 0.2) is 89.8 Å². The quantitative estimate of drug-likeness (QED) is 0.137. The van der Waals surface area contributed by atoms with Crippen LogP contribution in [-0.2, 0) is 4.79 Å². The number of hydrogen-bond donors (Lipinski definition) is 0. The number of amides is 2. The van der Waals surface area contributed by atoms with Gasteiger partial charge < -0.3 is 18.9 Å². The van der Waals surface area contributed by atoms with E-state index >= 15 is 0 Å². The molecule has 0 atom stereocenters. The van der Waals surface area contributed by atoms with Crippen molar-refractivity contribution in [1.82, 2.24) is 4.90 Å². The molecule has 0 saturated carbocycles. The molecule has 1 fully saturated rings. The van der Waals surface area contributed by atoms with Gasteiger partial charge in [-0.1, -0.05) is 54.6 Å². The fraction of sp³-hybridized carbons (Fsp3) is 0.129. The van der Waals surface area contributed by atoms with E-state index in [-0.39, 0.29) is 23.8 Å². The highest BCUT2D eigenvalue weighted by molar-refractivity contribution is 8.18. The summed E-state index contributed by atoms with van der Waals surface area (Å²) in [6.45, 7) is 0.194. The summed E-state index contributed by atoms with van der Waals surface area (Å²) in [6.07, 6.45) is 1.58. The van der Waals surface area contributed by atoms with Gasteiger partial charge in [0.25, 0.3) is 11.1 Å². The highest BCUT2D eigenvalue weighted by Crippen LogP contribution is 2.35. The summed E-state index contributed by atoms with van der Waals surface area (Å²) in [5.41, 5.74) is 0.985. The minimum Gasteiger partial charge on any atom is -0.493 e. The van der Waals surface area contributed by atoms with E-state index < -0.39 is 17.1 Å². The summed E-state index contributed by atoms with van der Waals surface area (Å²) >= 11 is 0.838. The number of thioether (sulfide) groups is 1. The van der Waals surface area contributed by atoms with Crippen LogP contribution in [-0.4, -0.2) is 49.4 Å². The van der Waals surface area contributed by atoms with E-state index in [9.17, 15) is 14.4 Å². The average molecular weight is 556 g/mol. The first kappa shape index (κ1) is 26.8. The molecule has 0 N–H and O–H groups in total. The molecule has 1 aliphatic rings. The molecule has 0 bridgehead atoms. The van der Waals surface area contributed by atoms with Crippen LogP contribution in [0.4, 0.5) is 4.79 Å². The second-order valence-corrected chi connectivity index (χ2v) is 9.65. The molecule has 0 spiro atoms. The lowest BCUT2D eigenvalue weighted by Crippen LogP contribution is -2.32. The van der Waals surface area contributed by atoms with Crippen LogP contribution < -0.4 is 18.9 Å². The molecule has 0 radical (unpaired) electrons. The fourth-order valence-corrected chi connectivity index (χ4v) is 5.12. The summed E-state index contributed by atoms with van der Waals surface area (Å²) in [5, 5.41) is 1.30. The second kappa shape index (κ2) is 12.0. The average Bonchev–Trinajstić information content (AvgIpc) is 3.24. The summed E-state index contributed by atoms with van der Waals surface area (Å²) < 4.78 is 22.1. The van der Waals surface area contributed by atoms with Gasteiger partial charge in [0.15, 0.2) is 23.0 Å². The number of imide groups is 1. The maximum Gasteiger partial charge on any atom is 0.344 e. The third kappa shape index (κ3) is 5.64. The van der Waals surface area contributed by atoms with E-state index in [2.05, 4.69) is 0 Å². The van der Waals surface area contributed by atoms with Crippen LogP contribution in [0.25, 0.3) is 16.8 Å². The van der Waals surface area contributed by atoms with Gasteiger partial charge in [-0.25, -0.2) is 4.79 Å². The molecule has 4 aromatic carbocycles. The third-order valence-corrected chi connectivity index (χ3v) is 7.12. The number of ether oxygens (including phenoxy) is 4. The van der Waals surface area contributed by atoms with Crippen LogP contribution >= 0.6 is 11.8 Å². The summed E-state index contributed by atoms with van der Waals surface area (Å²) in [6, 6.07) is 25.1. The molecule has 0 aromatic heterocycles. The molecule has 0 unspecified atom stereocenters. The van der Waals surface area contributed by atoms with Gasteiger partial charge in [-0.15, -0.1) is 0 Å². The van der Waals surface area contributed by atoms with Crippen LogP contribution in [0, 0.1) is 0 Å². The zero-order valence-electron chi connectivity index (χ0n) is 21.8. The van der Waals surface area contributed by atoms with Gasteiger partial charge in [-0.05, 0) is 64.5 Å². The molecular weight excluding hydrogens is 530 g/mol. The summed E-state index contributed by atoms with van der Waals surface area (Å²) in [4.78, 5) is 40.1. The Bertz CT molecular complexity index is 1630. The van der Waals surface area contributed by atoms with Crippen LogP contribution in [0.3, 0.4) is 0 Å². The number of carbonyl (C=O) groups excluding carboxylic acids is 3. The number of esters is 1. The number of fused-ring (bicyclic) bond motifs is 1. The fourth-order valence-electron chi connectivity index (χ4n) is 4.25. The number of methoxy groups -OCH3 is 2. The van der Waals surface area contributed by atoms with Crippen LogP contribution in [0.1, 0.15) is 15.9 Å². The van der Waals surface area contributed by atoms with E-state index in [1.165, 1.54) is 7.11 Å². The number of nitrogens with zero attached hydrogens (tertiary/aromatic N) is 1. The summed E-state index contributed by atoms with van der Waals surface area (Å²) in [7, 11) is 3.02. The lowest BCUT2D eigenvalue weighted by molar-refractivity contribution is -0.123. The molecule has 5 rings (SSSR count). The van der Waals surface area contributed by atoms with Gasteiger partial charge in [0, 0.05) is 0 Å². The normalized spacial score (nSPS) is 14.1. The molecule has 202 valence electrons. The van der Waals surface area contributed by atoms with E-state index in [4.69, 9.17) is 18.9 Å². The molecule has 4 aromatic rings. The lowest BCUT2D eigenvalue weighted by atomic mass is 10.0. The van der Waals surface area contributed by atoms with Crippen molar-refractivity contribution in [3.05, 3.63) is 101 Å². The van der Waals surface area contributed by atoms with Crippen molar-refractivity contribution in [2.24, 2.45) is 0 Å². The Morgan fingerprint density at radius 3 is 2.33 bits per heavy atom. The number of carbonyl (C=O) groups is 3. The monoisotopic (exact) mass is 555 g/mol. The van der Waals surface area contributed by atoms with Gasteiger partial charge in [-0.3, -0.25) is 14.5 Å². The standard InChI is InChI=1S/C31H25NO7S/c1-36-24-12-5-6-13-26(24)38-17-16-32-29(33)28(40-31(32)35)19-20-14-15-25(37-2)27(18-20)39-30(34)23-11-7-9-21-8-3-4-10-22(21)23/h3-15,18-19H,16-17H2,1-2H3/b28-19-. The molecule has 2 amide bonds. The SMILES string of the molecule is COc1ccccc1OCCN1C(=O)S/C(=C\c2ccc(OC)c(OC(=O)c3cccc4ccccc34)c2)C1=O. The van der Waals surface area contributed by atoms with Crippen molar-refractivity contribution < 1.29 is 33.3 Å². The van der Waals surface area contributed by atoms with E-state index in [0.29, 0.717) is 28.4 Å². The van der Waals surface area contributed by atoms with Crippen molar-refractivity contribution >= 4 is 45.7 Å². The smallest absolute Gasteiger partial charge is 0.344 e. The van der Waals surface area contributed by atoms with Crippen molar-refractivity contribution in [3.63, 3.8) is 0 Å². The minimum atomic E-state index is -0.539. The Balaban J connectivity index is 1.31. The third-order valence-electron chi connectivity index (χ3n) is 6.21. The van der Waals surface area contributed by atoms with Crippen LogP contribution in [0.5, 0.6) is 23.0 Å². The van der Waals surface area contributed by atoms with Crippen LogP contribution in [0.2, 0.25) is 0 Å². The number of hydrogen-bond acceptors (Lipinski definition) is 8. The number of benzene rings is 4. The van der Waals surface area contributed by atoms with Gasteiger partial charge >= 0.3 is 5.97 Å². The molecular formula is C31H25NO7S. The predicted molar refractivity (Wildman–Crippen MR) is 153 cm³/mol. The topological polar surface area (TPSA) is 91.4 Å². The first-order chi connectivity index (χ1) is 19.5. The molecule has 1 saturated heterocycles. The Morgan fingerprint density at radius 2 is 1.52 bits per heavy atom. The molecule has 1 heterocycles. The predicted octanol–water partition coefficient (Wildman–Crippen LogP) is 6.19. The lowest BCUT2D eigenvalue weighted by Gasteiger charge is -2.14. The molecule has 8 nitrogen and oxygen atoms in total. The van der Waals surface area contributed by atoms with Crippen molar-refractivity contribution in [1.29, 1.82) is 0 Å². The maximum atomic E-state index is 13.1. The van der Waals surface area contributed by atoms with Crippen molar-refractivity contribution in [3.8, 4) is 23.0 Å². The molecule has 1 aliphatic heterocycles. The van der Waals surface area contributed by atoms with Gasteiger partial charge in [0.05, 0.1) is 31.2 Å². The first-order valence-electron chi connectivity index (χ1n) is 12.4. The Morgan fingerprint density at radius 1 is 0.825 bits per heavy atom. The second-order valence-electron chi connectivity index (χ2n) is 8.66. The van der Waals surface area contributed by atoms with E-state index in [0.717, 1.165) is 27.4 Å². The number of para-hydroxylation sites is 2. The van der Waals surface area contributed by atoms with Crippen molar-refractivity contribution in [2.75, 3.05) is 27.4 Å². The van der Waals surface area contributed by atoms with E-state index in [1.807, 2.05) is 42.5 Å². The number of rotatable bonds is 9. The minimum absolute atomic E-state index is 0.0799. The molecule has 9 heteroatoms. The maximum absolute atomic E-state index is 13.1. The summed E-state index contributed by atoms with van der Waals surface area (Å²) in [5.74, 6) is 0.668. The highest BCUT2D eigenvalue weighted by Gasteiger charge is 2.35. The molecule has 0 aliphatic carbocycles. The molecule has 40 heavy (non-hydrogen) atoms. The highest BCUT2D eigenvalue weighted by atomic mass is 32.2. The first-order valence-corrected chi connectivity index (χ1v) is 13.2. The van der Waals surface area contributed by atoms with E-state index in [1.54, 1.807) is 55.7 Å². The van der Waals surface area contributed by atoms with Gasteiger partial charge in [0.2, 0.25) is 0 Å². The Hall–Kier alpha value is -4.76. The zero-order chi connectivity index (χ0) is 28.1. The Labute approximate surface area is 235 Å². The van der Waals surface area contributed by atoms with Gasteiger partial charge in [0.1, 0.15) is 6.61 Å².